The molecule has 1 aliphatic heterocycles. The Morgan fingerprint density at radius 3 is 2.81 bits per heavy atom. The van der Waals surface area contributed by atoms with E-state index in [0.717, 1.165) is 31.5 Å². The average molecular weight is 397 g/mol. The van der Waals surface area contributed by atoms with Crippen molar-refractivity contribution in [3.8, 4) is 0 Å². The zero-order valence-electron chi connectivity index (χ0n) is 14.4. The number of piperidine rings is 1. The van der Waals surface area contributed by atoms with Gasteiger partial charge in [-0.05, 0) is 37.8 Å². The van der Waals surface area contributed by atoms with Crippen LogP contribution in [-0.4, -0.2) is 49.2 Å². The summed E-state index contributed by atoms with van der Waals surface area (Å²) in [5.74, 6) is 0.490. The van der Waals surface area contributed by atoms with Gasteiger partial charge in [-0.2, -0.15) is 13.2 Å². The van der Waals surface area contributed by atoms with Crippen molar-refractivity contribution in [3.05, 3.63) is 36.0 Å². The Balaban J connectivity index is 1.53. The summed E-state index contributed by atoms with van der Waals surface area (Å²) >= 11 is -0.352. The van der Waals surface area contributed by atoms with Gasteiger partial charge in [0, 0.05) is 43.0 Å². The fourth-order valence-electron chi connectivity index (χ4n) is 3.47. The quantitative estimate of drug-likeness (QED) is 0.737. The van der Waals surface area contributed by atoms with Crippen LogP contribution in [0, 0.1) is 0 Å². The number of amides is 1. The third kappa shape index (κ3) is 4.10. The summed E-state index contributed by atoms with van der Waals surface area (Å²) in [6, 6.07) is 3.33. The number of hydrogen-bond donors (Lipinski definition) is 0. The van der Waals surface area contributed by atoms with E-state index in [-0.39, 0.29) is 28.3 Å². The molecule has 1 saturated carbocycles. The molecule has 6 nitrogen and oxygen atoms in total. The minimum atomic E-state index is -4.49. The number of halogens is 3. The molecule has 0 aromatic carbocycles. The maximum atomic E-state index is 12.9. The molecule has 2 fully saturated rings. The Morgan fingerprint density at radius 2 is 2.07 bits per heavy atom. The van der Waals surface area contributed by atoms with Crippen LogP contribution in [0.4, 0.5) is 13.2 Å². The molecule has 2 aromatic rings. The summed E-state index contributed by atoms with van der Waals surface area (Å²) in [7, 11) is 0. The van der Waals surface area contributed by atoms with Gasteiger partial charge in [-0.1, -0.05) is 0 Å². The summed E-state index contributed by atoms with van der Waals surface area (Å²) in [6.45, 7) is 0.938. The van der Waals surface area contributed by atoms with Crippen LogP contribution >= 0.6 is 11.8 Å². The Labute approximate surface area is 158 Å². The zero-order chi connectivity index (χ0) is 19.0. The highest BCUT2D eigenvalue weighted by Gasteiger charge is 2.35. The number of aromatic nitrogens is 4. The normalized spacial score (nSPS) is 20.7. The molecule has 1 unspecified atom stereocenters. The second-order valence-corrected chi connectivity index (χ2v) is 7.88. The molecule has 1 aliphatic carbocycles. The fourth-order valence-corrected chi connectivity index (χ4v) is 4.06. The van der Waals surface area contributed by atoms with Crippen molar-refractivity contribution in [2.45, 2.75) is 48.2 Å². The van der Waals surface area contributed by atoms with Crippen LogP contribution in [0.3, 0.4) is 0 Å². The Kier molecular flexibility index (Phi) is 4.83. The van der Waals surface area contributed by atoms with E-state index in [2.05, 4.69) is 19.7 Å². The van der Waals surface area contributed by atoms with Gasteiger partial charge in [0.15, 0.2) is 0 Å². The van der Waals surface area contributed by atoms with Crippen molar-refractivity contribution in [2.24, 2.45) is 0 Å². The van der Waals surface area contributed by atoms with E-state index in [4.69, 9.17) is 0 Å². The van der Waals surface area contributed by atoms with Crippen molar-refractivity contribution in [2.75, 3.05) is 13.1 Å². The largest absolute Gasteiger partial charge is 0.447 e. The molecule has 3 heterocycles. The van der Waals surface area contributed by atoms with E-state index in [1.54, 1.807) is 11.2 Å². The van der Waals surface area contributed by atoms with E-state index in [0.29, 0.717) is 19.1 Å². The van der Waals surface area contributed by atoms with Gasteiger partial charge in [0.2, 0.25) is 0 Å². The molecule has 0 spiro atoms. The summed E-state index contributed by atoms with van der Waals surface area (Å²) < 4.78 is 40.4. The Bertz CT molecular complexity index is 836. The van der Waals surface area contributed by atoms with Crippen LogP contribution in [0.15, 0.2) is 29.7 Å². The molecule has 2 aromatic heterocycles. The van der Waals surface area contributed by atoms with E-state index in [9.17, 15) is 18.0 Å². The van der Waals surface area contributed by atoms with Gasteiger partial charge in [0.25, 0.3) is 5.91 Å². The molecule has 4 rings (SSSR count). The van der Waals surface area contributed by atoms with Gasteiger partial charge in [0.05, 0.1) is 5.56 Å². The first kappa shape index (κ1) is 18.3. The minimum absolute atomic E-state index is 0.0101. The average Bonchev–Trinajstić information content (AvgIpc) is 3.37. The molecule has 1 amide bonds. The zero-order valence-corrected chi connectivity index (χ0v) is 15.2. The molecule has 27 heavy (non-hydrogen) atoms. The Morgan fingerprint density at radius 1 is 1.26 bits per heavy atom. The number of hydrogen-bond acceptors (Lipinski definition) is 5. The smallest absolute Gasteiger partial charge is 0.338 e. The second kappa shape index (κ2) is 7.14. The van der Waals surface area contributed by atoms with E-state index in [1.807, 2.05) is 0 Å². The van der Waals surface area contributed by atoms with Gasteiger partial charge in [0.1, 0.15) is 17.2 Å². The molecular formula is C17H18F3N5OS. The standard InChI is InChI=1S/C17H18F3N5OS/c18-17(19,20)27-15-13(4-1-7-21-15)16(26)24-8-2-3-11(9-24)14-23-22-10-25(14)12-5-6-12/h1,4,7,10-12H,2-3,5-6,8-9H2. The van der Waals surface area contributed by atoms with Gasteiger partial charge in [-0.25, -0.2) is 4.98 Å². The van der Waals surface area contributed by atoms with Gasteiger partial charge in [-0.15, -0.1) is 10.2 Å². The molecule has 10 heteroatoms. The third-order valence-corrected chi connectivity index (χ3v) is 5.58. The maximum absolute atomic E-state index is 12.9. The molecule has 2 aliphatic rings. The van der Waals surface area contributed by atoms with Crippen molar-refractivity contribution in [1.82, 2.24) is 24.6 Å². The Hall–Kier alpha value is -2.10. The third-order valence-electron chi connectivity index (χ3n) is 4.83. The van der Waals surface area contributed by atoms with E-state index in [1.165, 1.54) is 18.3 Å². The van der Waals surface area contributed by atoms with Crippen LogP contribution in [0.25, 0.3) is 0 Å². The summed E-state index contributed by atoms with van der Waals surface area (Å²) in [4.78, 5) is 18.3. The van der Waals surface area contributed by atoms with Crippen LogP contribution < -0.4 is 0 Å². The predicted molar refractivity (Wildman–Crippen MR) is 92.3 cm³/mol. The first-order chi connectivity index (χ1) is 12.9. The van der Waals surface area contributed by atoms with Crippen molar-refractivity contribution >= 4 is 17.7 Å². The van der Waals surface area contributed by atoms with Crippen LogP contribution in [0.2, 0.25) is 0 Å². The van der Waals surface area contributed by atoms with Gasteiger partial charge >= 0.3 is 5.51 Å². The lowest BCUT2D eigenvalue weighted by atomic mass is 9.96. The lowest BCUT2D eigenvalue weighted by Crippen LogP contribution is -2.40. The molecular weight excluding hydrogens is 379 g/mol. The number of rotatable bonds is 4. The lowest BCUT2D eigenvalue weighted by Gasteiger charge is -2.32. The topological polar surface area (TPSA) is 63.9 Å². The van der Waals surface area contributed by atoms with Crippen LogP contribution in [-0.2, 0) is 0 Å². The molecule has 0 bridgehead atoms. The van der Waals surface area contributed by atoms with Crippen molar-refractivity contribution < 1.29 is 18.0 Å². The number of likely N-dealkylation sites (tertiary alicyclic amines) is 1. The monoisotopic (exact) mass is 397 g/mol. The van der Waals surface area contributed by atoms with Crippen molar-refractivity contribution in [3.63, 3.8) is 0 Å². The van der Waals surface area contributed by atoms with Gasteiger partial charge < -0.3 is 9.47 Å². The summed E-state index contributed by atoms with van der Waals surface area (Å²) in [6.07, 6.45) is 6.86. The number of thioether (sulfide) groups is 1. The van der Waals surface area contributed by atoms with E-state index < -0.39 is 11.4 Å². The highest BCUT2D eigenvalue weighted by Crippen LogP contribution is 2.39. The summed E-state index contributed by atoms with van der Waals surface area (Å²) in [5.41, 5.74) is -4.50. The molecule has 144 valence electrons. The van der Waals surface area contributed by atoms with Gasteiger partial charge in [-0.3, -0.25) is 4.79 Å². The first-order valence-electron chi connectivity index (χ1n) is 8.82. The second-order valence-electron chi connectivity index (χ2n) is 6.82. The van der Waals surface area contributed by atoms with Crippen LogP contribution in [0.1, 0.15) is 53.8 Å². The molecule has 1 atom stereocenters. The molecule has 1 saturated heterocycles. The maximum Gasteiger partial charge on any atom is 0.447 e. The van der Waals surface area contributed by atoms with E-state index >= 15 is 0 Å². The SMILES string of the molecule is O=C(c1cccnc1SC(F)(F)F)N1CCCC(c2nncn2C2CC2)C1. The fraction of sp³-hybridized carbons (Fsp3) is 0.529. The number of carbonyl (C=O) groups excluding carboxylic acids is 1. The number of alkyl halides is 3. The number of pyridine rings is 1. The van der Waals surface area contributed by atoms with Crippen molar-refractivity contribution in [1.29, 1.82) is 0 Å². The highest BCUT2D eigenvalue weighted by atomic mass is 32.2. The number of nitrogens with zero attached hydrogens (tertiary/aromatic N) is 5. The van der Waals surface area contributed by atoms with Crippen LogP contribution in [0.5, 0.6) is 0 Å². The molecule has 0 radical (unpaired) electrons. The highest BCUT2D eigenvalue weighted by molar-refractivity contribution is 8.00. The first-order valence-corrected chi connectivity index (χ1v) is 9.63. The summed E-state index contributed by atoms with van der Waals surface area (Å²) in [5, 5.41) is 7.95. The molecule has 0 N–H and O–H groups in total. The minimum Gasteiger partial charge on any atom is -0.338 e. The number of carbonyl (C=O) groups is 1. The predicted octanol–water partition coefficient (Wildman–Crippen LogP) is 3.64. The lowest BCUT2D eigenvalue weighted by molar-refractivity contribution is -0.0329.